The molecule has 6 heteroatoms. The smallest absolute Gasteiger partial charge is 0.326 e. The van der Waals surface area contributed by atoms with Crippen molar-refractivity contribution in [1.82, 2.24) is 14.5 Å². The molecule has 1 aromatic heterocycles. The quantitative estimate of drug-likeness (QED) is 0.923. The molecule has 0 saturated heterocycles. The van der Waals surface area contributed by atoms with Gasteiger partial charge in [0.1, 0.15) is 6.04 Å². The lowest BCUT2D eigenvalue weighted by Crippen LogP contribution is -2.48. The van der Waals surface area contributed by atoms with Gasteiger partial charge in [0, 0.05) is 38.3 Å². The average molecular weight is 299 g/mol. The maximum atomic E-state index is 12.4. The Balaban J connectivity index is 1.75. The fourth-order valence-corrected chi connectivity index (χ4v) is 2.79. The predicted octanol–water partition coefficient (Wildman–Crippen LogP) is 1.31. The zero-order chi connectivity index (χ0) is 15.5. The molecule has 3 rings (SSSR count). The second kappa shape index (κ2) is 6.01. The number of carbonyl (C=O) groups excluding carboxylic acids is 1. The van der Waals surface area contributed by atoms with Crippen molar-refractivity contribution in [3.05, 3.63) is 54.1 Å². The van der Waals surface area contributed by atoms with Crippen molar-refractivity contribution in [1.29, 1.82) is 0 Å². The molecule has 1 aliphatic heterocycles. The van der Waals surface area contributed by atoms with Crippen molar-refractivity contribution in [3.8, 4) is 0 Å². The SMILES string of the molecule is O=C(O)[C@H]1Cc2ccccc2CN1C(=O)CCn1ccnc1. The van der Waals surface area contributed by atoms with Gasteiger partial charge in [-0.15, -0.1) is 0 Å². The molecular weight excluding hydrogens is 282 g/mol. The van der Waals surface area contributed by atoms with Gasteiger partial charge in [0.15, 0.2) is 0 Å². The average Bonchev–Trinajstić information content (AvgIpc) is 3.04. The second-order valence-electron chi connectivity index (χ2n) is 5.40. The third-order valence-corrected chi connectivity index (χ3v) is 4.00. The molecule has 2 aromatic rings. The standard InChI is InChI=1S/C16H17N3O3/c20-15(5-7-18-8-6-17-11-18)19-10-13-4-2-1-3-12(13)9-14(19)16(21)22/h1-4,6,8,11,14H,5,7,9-10H2,(H,21,22)/t14-/m1/s1. The molecule has 0 saturated carbocycles. The van der Waals surface area contributed by atoms with Crippen LogP contribution in [0.4, 0.5) is 0 Å². The molecule has 1 aromatic carbocycles. The van der Waals surface area contributed by atoms with Crippen LogP contribution in [0.3, 0.4) is 0 Å². The van der Waals surface area contributed by atoms with Gasteiger partial charge in [0.2, 0.25) is 5.91 Å². The summed E-state index contributed by atoms with van der Waals surface area (Å²) in [6, 6.07) is 6.90. The summed E-state index contributed by atoms with van der Waals surface area (Å²) in [5, 5.41) is 9.43. The van der Waals surface area contributed by atoms with Crippen LogP contribution in [-0.4, -0.2) is 37.5 Å². The summed E-state index contributed by atoms with van der Waals surface area (Å²) >= 11 is 0. The fraction of sp³-hybridized carbons (Fsp3) is 0.312. The number of imidazole rings is 1. The van der Waals surface area contributed by atoms with Crippen LogP contribution in [0, 0.1) is 0 Å². The minimum Gasteiger partial charge on any atom is -0.480 e. The number of aliphatic carboxylic acids is 1. The van der Waals surface area contributed by atoms with Crippen LogP contribution >= 0.6 is 0 Å². The Kier molecular flexibility index (Phi) is 3.91. The Labute approximate surface area is 128 Å². The predicted molar refractivity (Wildman–Crippen MR) is 79.0 cm³/mol. The summed E-state index contributed by atoms with van der Waals surface area (Å²) in [5.74, 6) is -1.10. The highest BCUT2D eigenvalue weighted by Crippen LogP contribution is 2.24. The van der Waals surface area contributed by atoms with E-state index in [1.807, 2.05) is 28.8 Å². The van der Waals surface area contributed by atoms with E-state index < -0.39 is 12.0 Å². The van der Waals surface area contributed by atoms with E-state index in [0.717, 1.165) is 11.1 Å². The first kappa shape index (κ1) is 14.3. The molecule has 1 N–H and O–H groups in total. The van der Waals surface area contributed by atoms with E-state index in [4.69, 9.17) is 0 Å². The molecule has 0 fully saturated rings. The highest BCUT2D eigenvalue weighted by molar-refractivity contribution is 5.84. The number of carbonyl (C=O) groups is 2. The Bertz CT molecular complexity index is 682. The third kappa shape index (κ3) is 2.86. The monoisotopic (exact) mass is 299 g/mol. The lowest BCUT2D eigenvalue weighted by molar-refractivity contribution is -0.151. The maximum absolute atomic E-state index is 12.4. The normalized spacial score (nSPS) is 17.1. The summed E-state index contributed by atoms with van der Waals surface area (Å²) in [5.41, 5.74) is 2.03. The first-order valence-electron chi connectivity index (χ1n) is 7.20. The molecule has 1 aliphatic rings. The molecular formula is C16H17N3O3. The molecule has 0 unspecified atom stereocenters. The lowest BCUT2D eigenvalue weighted by atomic mass is 9.93. The Hall–Kier alpha value is -2.63. The number of hydrogen-bond acceptors (Lipinski definition) is 3. The number of carboxylic acids is 1. The van der Waals surface area contributed by atoms with Gasteiger partial charge in [0.25, 0.3) is 0 Å². The Morgan fingerprint density at radius 3 is 2.73 bits per heavy atom. The number of nitrogens with zero attached hydrogens (tertiary/aromatic N) is 3. The van der Waals surface area contributed by atoms with Gasteiger partial charge >= 0.3 is 5.97 Å². The van der Waals surface area contributed by atoms with Gasteiger partial charge in [0.05, 0.1) is 6.33 Å². The lowest BCUT2D eigenvalue weighted by Gasteiger charge is -2.34. The molecule has 6 nitrogen and oxygen atoms in total. The zero-order valence-electron chi connectivity index (χ0n) is 12.1. The summed E-state index contributed by atoms with van der Waals surface area (Å²) in [4.78, 5) is 29.4. The fourth-order valence-electron chi connectivity index (χ4n) is 2.79. The zero-order valence-corrected chi connectivity index (χ0v) is 12.1. The number of fused-ring (bicyclic) bond motifs is 1. The number of aromatic nitrogens is 2. The molecule has 2 heterocycles. The third-order valence-electron chi connectivity index (χ3n) is 4.00. The molecule has 114 valence electrons. The highest BCUT2D eigenvalue weighted by atomic mass is 16.4. The first-order chi connectivity index (χ1) is 10.6. The van der Waals surface area contributed by atoms with Crippen molar-refractivity contribution in [2.24, 2.45) is 0 Å². The van der Waals surface area contributed by atoms with Crippen molar-refractivity contribution >= 4 is 11.9 Å². The van der Waals surface area contributed by atoms with E-state index >= 15 is 0 Å². The van der Waals surface area contributed by atoms with E-state index in [1.54, 1.807) is 18.7 Å². The van der Waals surface area contributed by atoms with Crippen LogP contribution in [0.25, 0.3) is 0 Å². The van der Waals surface area contributed by atoms with Gasteiger partial charge in [-0.3, -0.25) is 4.79 Å². The molecule has 1 amide bonds. The minimum absolute atomic E-state index is 0.143. The van der Waals surface area contributed by atoms with E-state index in [0.29, 0.717) is 19.5 Å². The van der Waals surface area contributed by atoms with Gasteiger partial charge in [-0.05, 0) is 11.1 Å². The molecule has 22 heavy (non-hydrogen) atoms. The number of hydrogen-bond donors (Lipinski definition) is 1. The van der Waals surface area contributed by atoms with E-state index in [1.165, 1.54) is 4.90 Å². The number of carboxylic acid groups (broad SMARTS) is 1. The van der Waals surface area contributed by atoms with Crippen molar-refractivity contribution in [2.45, 2.75) is 32.0 Å². The van der Waals surface area contributed by atoms with Crippen LogP contribution < -0.4 is 0 Å². The van der Waals surface area contributed by atoms with Gasteiger partial charge in [-0.1, -0.05) is 24.3 Å². The minimum atomic E-state index is -0.953. The van der Waals surface area contributed by atoms with Gasteiger partial charge < -0.3 is 14.6 Å². The van der Waals surface area contributed by atoms with Crippen LogP contribution in [0.5, 0.6) is 0 Å². The van der Waals surface area contributed by atoms with Crippen LogP contribution in [-0.2, 0) is 29.1 Å². The molecule has 0 bridgehead atoms. The van der Waals surface area contributed by atoms with Crippen molar-refractivity contribution < 1.29 is 14.7 Å². The van der Waals surface area contributed by atoms with Gasteiger partial charge in [-0.25, -0.2) is 9.78 Å². The summed E-state index contributed by atoms with van der Waals surface area (Å²) in [6.07, 6.45) is 5.72. The Morgan fingerprint density at radius 2 is 2.05 bits per heavy atom. The van der Waals surface area contributed by atoms with Crippen LogP contribution in [0.15, 0.2) is 43.0 Å². The highest BCUT2D eigenvalue weighted by Gasteiger charge is 2.34. The molecule has 0 radical (unpaired) electrons. The Morgan fingerprint density at radius 1 is 1.27 bits per heavy atom. The van der Waals surface area contributed by atoms with Crippen molar-refractivity contribution in [2.75, 3.05) is 0 Å². The van der Waals surface area contributed by atoms with Gasteiger partial charge in [-0.2, -0.15) is 0 Å². The number of aryl methyl sites for hydroxylation is 1. The number of amides is 1. The summed E-state index contributed by atoms with van der Waals surface area (Å²) in [6.45, 7) is 0.860. The number of rotatable bonds is 4. The molecule has 0 aliphatic carbocycles. The van der Waals surface area contributed by atoms with E-state index in [9.17, 15) is 14.7 Å². The first-order valence-corrected chi connectivity index (χ1v) is 7.20. The largest absolute Gasteiger partial charge is 0.480 e. The topological polar surface area (TPSA) is 75.4 Å². The van der Waals surface area contributed by atoms with Crippen LogP contribution in [0.1, 0.15) is 17.5 Å². The second-order valence-corrected chi connectivity index (χ2v) is 5.40. The van der Waals surface area contributed by atoms with E-state index in [2.05, 4.69) is 4.98 Å². The summed E-state index contributed by atoms with van der Waals surface area (Å²) in [7, 11) is 0. The molecule has 1 atom stereocenters. The van der Waals surface area contributed by atoms with Crippen LogP contribution in [0.2, 0.25) is 0 Å². The van der Waals surface area contributed by atoms with Crippen molar-refractivity contribution in [3.63, 3.8) is 0 Å². The summed E-state index contributed by atoms with van der Waals surface area (Å²) < 4.78 is 1.81. The molecule has 0 spiro atoms. The maximum Gasteiger partial charge on any atom is 0.326 e. The number of benzene rings is 1. The van der Waals surface area contributed by atoms with E-state index in [-0.39, 0.29) is 12.3 Å².